The lowest BCUT2D eigenvalue weighted by Gasteiger charge is -2.43. The molecule has 37 heavy (non-hydrogen) atoms. The van der Waals surface area contributed by atoms with E-state index in [-0.39, 0.29) is 5.91 Å². The SMILES string of the molecule is Cc1c(CCc2ccc(Cl)c(Cl)c2)ncnc1C(=O)N1CCC(N2CCC(N3CCCC3=O)CC2)CC1. The third-order valence-electron chi connectivity index (χ3n) is 8.34. The third kappa shape index (κ3) is 5.94. The standard InChI is InChI=1S/C28H35Cl2N5O2/c1-19-25(7-5-20-4-6-23(29)24(30)17-20)31-18-32-27(19)28(37)34-15-8-21(9-16-34)33-13-10-22(11-14-33)35-12-2-3-26(35)36/h4,6,17-18,21-22H,2-3,5,7-16H2,1H3. The van der Waals surface area contributed by atoms with Gasteiger partial charge < -0.3 is 14.7 Å². The molecule has 2 amide bonds. The van der Waals surface area contributed by atoms with Gasteiger partial charge in [0.05, 0.1) is 10.0 Å². The predicted molar refractivity (Wildman–Crippen MR) is 145 cm³/mol. The summed E-state index contributed by atoms with van der Waals surface area (Å²) in [5.74, 6) is 0.336. The molecule has 0 N–H and O–H groups in total. The molecule has 0 spiro atoms. The zero-order chi connectivity index (χ0) is 25.9. The number of hydrogen-bond donors (Lipinski definition) is 0. The van der Waals surface area contributed by atoms with Gasteiger partial charge in [-0.1, -0.05) is 29.3 Å². The first-order chi connectivity index (χ1) is 17.9. The lowest BCUT2D eigenvalue weighted by molar-refractivity contribution is -0.130. The molecule has 3 saturated heterocycles. The molecular formula is C28H35Cl2N5O2. The van der Waals surface area contributed by atoms with Crippen LogP contribution in [0.2, 0.25) is 10.0 Å². The number of carbonyl (C=O) groups is 2. The Morgan fingerprint density at radius 1 is 0.946 bits per heavy atom. The summed E-state index contributed by atoms with van der Waals surface area (Å²) in [7, 11) is 0. The van der Waals surface area contributed by atoms with Gasteiger partial charge in [0.15, 0.2) is 0 Å². The highest BCUT2D eigenvalue weighted by Crippen LogP contribution is 2.27. The van der Waals surface area contributed by atoms with Crippen molar-refractivity contribution in [1.29, 1.82) is 0 Å². The molecule has 7 nitrogen and oxygen atoms in total. The molecule has 0 unspecified atom stereocenters. The van der Waals surface area contributed by atoms with E-state index >= 15 is 0 Å². The number of aryl methyl sites for hydroxylation is 2. The van der Waals surface area contributed by atoms with Crippen LogP contribution in [-0.4, -0.2) is 81.3 Å². The van der Waals surface area contributed by atoms with E-state index in [1.165, 1.54) is 6.33 Å². The van der Waals surface area contributed by atoms with Gasteiger partial charge in [-0.2, -0.15) is 0 Å². The molecule has 3 fully saturated rings. The van der Waals surface area contributed by atoms with Crippen LogP contribution in [0.3, 0.4) is 0 Å². The summed E-state index contributed by atoms with van der Waals surface area (Å²) in [6.45, 7) is 6.45. The topological polar surface area (TPSA) is 69.6 Å². The van der Waals surface area contributed by atoms with Gasteiger partial charge >= 0.3 is 0 Å². The number of piperidine rings is 2. The summed E-state index contributed by atoms with van der Waals surface area (Å²) in [6, 6.07) is 6.58. The van der Waals surface area contributed by atoms with Crippen LogP contribution >= 0.6 is 23.2 Å². The van der Waals surface area contributed by atoms with Crippen LogP contribution in [0.4, 0.5) is 0 Å². The Morgan fingerprint density at radius 2 is 1.68 bits per heavy atom. The second-order valence-corrected chi connectivity index (χ2v) is 11.3. The summed E-state index contributed by atoms with van der Waals surface area (Å²) in [5.41, 5.74) is 3.33. The van der Waals surface area contributed by atoms with E-state index in [1.54, 1.807) is 6.07 Å². The van der Waals surface area contributed by atoms with Crippen molar-refractivity contribution in [3.05, 3.63) is 57.1 Å². The molecule has 2 aromatic rings. The van der Waals surface area contributed by atoms with Crippen LogP contribution in [0.25, 0.3) is 0 Å². The van der Waals surface area contributed by atoms with Crippen molar-refractivity contribution >= 4 is 35.0 Å². The van der Waals surface area contributed by atoms with Gasteiger partial charge in [-0.05, 0) is 69.6 Å². The zero-order valence-corrected chi connectivity index (χ0v) is 23.0. The molecule has 9 heteroatoms. The van der Waals surface area contributed by atoms with Crippen LogP contribution in [0.5, 0.6) is 0 Å². The molecule has 4 heterocycles. The van der Waals surface area contributed by atoms with Crippen molar-refractivity contribution in [2.24, 2.45) is 0 Å². The number of likely N-dealkylation sites (tertiary alicyclic amines) is 3. The molecule has 0 saturated carbocycles. The Labute approximate surface area is 229 Å². The first kappa shape index (κ1) is 26.4. The average Bonchev–Trinajstić information content (AvgIpc) is 3.35. The van der Waals surface area contributed by atoms with Crippen molar-refractivity contribution in [2.75, 3.05) is 32.7 Å². The summed E-state index contributed by atoms with van der Waals surface area (Å²) < 4.78 is 0. The highest BCUT2D eigenvalue weighted by atomic mass is 35.5. The number of halogens is 2. The van der Waals surface area contributed by atoms with Gasteiger partial charge in [-0.3, -0.25) is 9.59 Å². The van der Waals surface area contributed by atoms with Crippen molar-refractivity contribution in [3.8, 4) is 0 Å². The number of hydrogen-bond acceptors (Lipinski definition) is 5. The Kier molecular flexibility index (Phi) is 8.32. The second-order valence-electron chi connectivity index (χ2n) is 10.5. The largest absolute Gasteiger partial charge is 0.340 e. The molecule has 198 valence electrons. The number of aromatic nitrogens is 2. The maximum atomic E-state index is 13.4. The molecule has 5 rings (SSSR count). The molecule has 3 aliphatic rings. The Bertz CT molecular complexity index is 1140. The van der Waals surface area contributed by atoms with Crippen molar-refractivity contribution < 1.29 is 9.59 Å². The highest BCUT2D eigenvalue weighted by molar-refractivity contribution is 6.42. The minimum atomic E-state index is 0.000362. The summed E-state index contributed by atoms with van der Waals surface area (Å²) in [5, 5.41) is 1.09. The predicted octanol–water partition coefficient (Wildman–Crippen LogP) is 4.57. The van der Waals surface area contributed by atoms with Crippen LogP contribution in [0.1, 0.15) is 65.8 Å². The number of amides is 2. The van der Waals surface area contributed by atoms with E-state index in [4.69, 9.17) is 23.2 Å². The molecule has 0 radical (unpaired) electrons. The quantitative estimate of drug-likeness (QED) is 0.533. The van der Waals surface area contributed by atoms with Crippen LogP contribution < -0.4 is 0 Å². The van der Waals surface area contributed by atoms with Gasteiger partial charge in [-0.15, -0.1) is 0 Å². The van der Waals surface area contributed by atoms with E-state index in [2.05, 4.69) is 19.8 Å². The van der Waals surface area contributed by atoms with Crippen LogP contribution in [0.15, 0.2) is 24.5 Å². The van der Waals surface area contributed by atoms with E-state index in [0.29, 0.717) is 40.2 Å². The van der Waals surface area contributed by atoms with Gasteiger partial charge in [0, 0.05) is 62.5 Å². The Balaban J connectivity index is 1.13. The molecule has 1 aromatic carbocycles. The summed E-state index contributed by atoms with van der Waals surface area (Å²) in [6.07, 6.45) is 8.79. The molecule has 0 bridgehead atoms. The lowest BCUT2D eigenvalue weighted by atomic mass is 9.96. The normalized spacial score (nSPS) is 20.1. The van der Waals surface area contributed by atoms with E-state index in [0.717, 1.165) is 94.5 Å². The third-order valence-corrected chi connectivity index (χ3v) is 9.08. The molecule has 0 atom stereocenters. The van der Waals surface area contributed by atoms with Gasteiger partial charge in [0.1, 0.15) is 12.0 Å². The van der Waals surface area contributed by atoms with Crippen molar-refractivity contribution in [1.82, 2.24) is 24.7 Å². The minimum Gasteiger partial charge on any atom is -0.340 e. The summed E-state index contributed by atoms with van der Waals surface area (Å²) >= 11 is 12.2. The van der Waals surface area contributed by atoms with Gasteiger partial charge in [0.2, 0.25) is 5.91 Å². The number of rotatable bonds is 6. The number of benzene rings is 1. The first-order valence-electron chi connectivity index (χ1n) is 13.5. The van der Waals surface area contributed by atoms with Gasteiger partial charge in [0.25, 0.3) is 5.91 Å². The van der Waals surface area contributed by atoms with E-state index < -0.39 is 0 Å². The zero-order valence-electron chi connectivity index (χ0n) is 21.5. The minimum absolute atomic E-state index is 0.000362. The summed E-state index contributed by atoms with van der Waals surface area (Å²) in [4.78, 5) is 41.0. The fourth-order valence-electron chi connectivity index (χ4n) is 6.11. The van der Waals surface area contributed by atoms with Crippen LogP contribution in [0, 0.1) is 6.92 Å². The second kappa shape index (κ2) is 11.7. The Hall–Kier alpha value is -2.22. The molecule has 0 aliphatic carbocycles. The molecule has 3 aliphatic heterocycles. The number of carbonyl (C=O) groups excluding carboxylic acids is 2. The maximum absolute atomic E-state index is 13.4. The highest BCUT2D eigenvalue weighted by Gasteiger charge is 2.34. The maximum Gasteiger partial charge on any atom is 0.272 e. The number of nitrogens with zero attached hydrogens (tertiary/aromatic N) is 5. The van der Waals surface area contributed by atoms with E-state index in [1.807, 2.05) is 24.0 Å². The molecular weight excluding hydrogens is 509 g/mol. The smallest absolute Gasteiger partial charge is 0.272 e. The fourth-order valence-corrected chi connectivity index (χ4v) is 6.43. The van der Waals surface area contributed by atoms with Crippen LogP contribution in [-0.2, 0) is 17.6 Å². The van der Waals surface area contributed by atoms with Crippen molar-refractivity contribution in [3.63, 3.8) is 0 Å². The monoisotopic (exact) mass is 543 g/mol. The Morgan fingerprint density at radius 3 is 2.35 bits per heavy atom. The lowest BCUT2D eigenvalue weighted by Crippen LogP contribution is -2.52. The van der Waals surface area contributed by atoms with Gasteiger partial charge in [-0.25, -0.2) is 9.97 Å². The van der Waals surface area contributed by atoms with Crippen molar-refractivity contribution in [2.45, 2.75) is 70.4 Å². The molecule has 1 aromatic heterocycles. The first-order valence-corrected chi connectivity index (χ1v) is 14.2. The fraction of sp³-hybridized carbons (Fsp3) is 0.571. The average molecular weight is 545 g/mol. The van der Waals surface area contributed by atoms with E-state index in [9.17, 15) is 9.59 Å².